The van der Waals surface area contributed by atoms with Crippen molar-refractivity contribution >= 4 is 23.0 Å². The molecule has 4 rings (SSSR count). The zero-order valence-corrected chi connectivity index (χ0v) is 14.6. The summed E-state index contributed by atoms with van der Waals surface area (Å²) in [7, 11) is 0. The number of allylic oxidation sites excluding steroid dienone is 2. The van der Waals surface area contributed by atoms with Crippen LogP contribution < -0.4 is 5.32 Å². The second-order valence-corrected chi connectivity index (χ2v) is 7.15. The molecule has 0 bridgehead atoms. The van der Waals surface area contributed by atoms with E-state index in [2.05, 4.69) is 5.32 Å². The van der Waals surface area contributed by atoms with Gasteiger partial charge in [-0.3, -0.25) is 10.1 Å². The molecule has 0 unspecified atom stereocenters. The number of fused-ring (bicyclic) bond motifs is 3. The predicted octanol–water partition coefficient (Wildman–Crippen LogP) is 6.09. The molecule has 0 saturated carbocycles. The smallest absolute Gasteiger partial charge is 0.378 e. The highest BCUT2D eigenvalue weighted by molar-refractivity contribution is 6.32. The van der Waals surface area contributed by atoms with Crippen LogP contribution in [-0.4, -0.2) is 4.92 Å². The van der Waals surface area contributed by atoms with E-state index in [0.717, 1.165) is 6.07 Å². The molecule has 8 heteroatoms. The summed E-state index contributed by atoms with van der Waals surface area (Å²) in [5.41, 5.74) is 1.04. The number of alkyl halides is 3. The van der Waals surface area contributed by atoms with E-state index >= 15 is 0 Å². The van der Waals surface area contributed by atoms with E-state index in [0.29, 0.717) is 23.2 Å². The van der Waals surface area contributed by atoms with E-state index in [-0.39, 0.29) is 28.6 Å². The number of rotatable bonds is 2. The topological polar surface area (TPSA) is 55.2 Å². The minimum Gasteiger partial charge on any atom is -0.378 e. The standard InChI is InChI=1S/C19H14ClF3N2O2/c20-15-6-4-10(8-17(15)25(26)27)18-13-3-1-2-12(13)14-9-11(19(21,22)23)5-7-16(14)24-18/h1-2,4-9,12-13,18,24H,3H2/t12-,13+,18+/m1/s1. The SMILES string of the molecule is O=[N+]([O-])c1cc([C@@H]2Nc3ccc(C(F)(F)F)cc3[C@@H]3C=CC[C@@H]32)ccc1Cl. The summed E-state index contributed by atoms with van der Waals surface area (Å²) < 4.78 is 39.3. The number of nitro benzene ring substituents is 1. The summed E-state index contributed by atoms with van der Waals surface area (Å²) in [5, 5.41) is 14.5. The first kappa shape index (κ1) is 17.9. The summed E-state index contributed by atoms with van der Waals surface area (Å²) >= 11 is 5.90. The minimum absolute atomic E-state index is 0.0261. The highest BCUT2D eigenvalue weighted by Gasteiger charge is 2.40. The molecule has 0 aromatic heterocycles. The molecule has 2 aliphatic rings. The van der Waals surface area contributed by atoms with Gasteiger partial charge in [-0.25, -0.2) is 0 Å². The normalized spacial score (nSPS) is 23.5. The maximum atomic E-state index is 13.1. The first-order chi connectivity index (χ1) is 12.8. The van der Waals surface area contributed by atoms with Crippen molar-refractivity contribution in [2.24, 2.45) is 5.92 Å². The van der Waals surface area contributed by atoms with Gasteiger partial charge in [0.05, 0.1) is 16.5 Å². The van der Waals surface area contributed by atoms with Crippen molar-refractivity contribution in [1.29, 1.82) is 0 Å². The fourth-order valence-electron chi connectivity index (χ4n) is 3.96. The first-order valence-electron chi connectivity index (χ1n) is 8.34. The van der Waals surface area contributed by atoms with Gasteiger partial charge in [0.15, 0.2) is 0 Å². The van der Waals surface area contributed by atoms with Crippen molar-refractivity contribution in [3.8, 4) is 0 Å². The number of hydrogen-bond donors (Lipinski definition) is 1. The third-order valence-electron chi connectivity index (χ3n) is 5.22. The molecule has 0 amide bonds. The van der Waals surface area contributed by atoms with Crippen LogP contribution in [-0.2, 0) is 6.18 Å². The highest BCUT2D eigenvalue weighted by Crippen LogP contribution is 2.51. The minimum atomic E-state index is -4.40. The van der Waals surface area contributed by atoms with Crippen molar-refractivity contribution in [2.75, 3.05) is 5.32 Å². The largest absolute Gasteiger partial charge is 0.416 e. The summed E-state index contributed by atoms with van der Waals surface area (Å²) in [6, 6.07) is 8.05. The van der Waals surface area contributed by atoms with Gasteiger partial charge in [-0.05, 0) is 47.7 Å². The van der Waals surface area contributed by atoms with Crippen molar-refractivity contribution in [2.45, 2.75) is 24.6 Å². The van der Waals surface area contributed by atoms with Crippen LogP contribution in [0.3, 0.4) is 0 Å². The van der Waals surface area contributed by atoms with Gasteiger partial charge in [0.2, 0.25) is 0 Å². The third kappa shape index (κ3) is 3.06. The quantitative estimate of drug-likeness (QED) is 0.380. The molecular weight excluding hydrogens is 381 g/mol. The number of nitro groups is 1. The van der Waals surface area contributed by atoms with Crippen molar-refractivity contribution in [1.82, 2.24) is 0 Å². The van der Waals surface area contributed by atoms with E-state index in [9.17, 15) is 23.3 Å². The zero-order chi connectivity index (χ0) is 19.3. The third-order valence-corrected chi connectivity index (χ3v) is 5.54. The number of anilines is 1. The monoisotopic (exact) mass is 394 g/mol. The second kappa shape index (κ2) is 6.27. The Kier molecular flexibility index (Phi) is 4.14. The second-order valence-electron chi connectivity index (χ2n) is 6.74. The molecule has 27 heavy (non-hydrogen) atoms. The van der Waals surface area contributed by atoms with Gasteiger partial charge in [0.1, 0.15) is 5.02 Å². The van der Waals surface area contributed by atoms with E-state index < -0.39 is 16.7 Å². The van der Waals surface area contributed by atoms with E-state index in [1.807, 2.05) is 12.2 Å². The van der Waals surface area contributed by atoms with Gasteiger partial charge in [-0.2, -0.15) is 13.2 Å². The lowest BCUT2D eigenvalue weighted by Crippen LogP contribution is -2.29. The molecule has 1 N–H and O–H groups in total. The molecule has 1 heterocycles. The summed E-state index contributed by atoms with van der Waals surface area (Å²) in [5.74, 6) is -0.204. The lowest BCUT2D eigenvalue weighted by atomic mass is 9.76. The molecule has 0 fully saturated rings. The number of benzene rings is 2. The van der Waals surface area contributed by atoms with Gasteiger partial charge in [0, 0.05) is 17.7 Å². The van der Waals surface area contributed by atoms with Crippen LogP contribution in [0.1, 0.15) is 35.1 Å². The van der Waals surface area contributed by atoms with Crippen LogP contribution in [0.25, 0.3) is 0 Å². The van der Waals surface area contributed by atoms with Gasteiger partial charge in [-0.15, -0.1) is 0 Å². The Morgan fingerprint density at radius 3 is 2.67 bits per heavy atom. The molecule has 2 aromatic carbocycles. The zero-order valence-electron chi connectivity index (χ0n) is 13.8. The Hall–Kier alpha value is -2.54. The molecule has 140 valence electrons. The molecule has 0 saturated heterocycles. The lowest BCUT2D eigenvalue weighted by molar-refractivity contribution is -0.384. The lowest BCUT2D eigenvalue weighted by Gasteiger charge is -2.37. The van der Waals surface area contributed by atoms with Crippen LogP contribution in [0.15, 0.2) is 48.6 Å². The number of nitrogens with zero attached hydrogens (tertiary/aromatic N) is 1. The van der Waals surface area contributed by atoms with Crippen LogP contribution in [0, 0.1) is 16.0 Å². The van der Waals surface area contributed by atoms with E-state index in [1.165, 1.54) is 24.3 Å². The van der Waals surface area contributed by atoms with Crippen molar-refractivity contribution in [3.05, 3.63) is 80.4 Å². The average Bonchev–Trinajstić information content (AvgIpc) is 3.10. The van der Waals surface area contributed by atoms with E-state index in [4.69, 9.17) is 11.6 Å². The molecule has 1 aliphatic carbocycles. The maximum absolute atomic E-state index is 13.1. The van der Waals surface area contributed by atoms with Gasteiger partial charge < -0.3 is 5.32 Å². The number of hydrogen-bond acceptors (Lipinski definition) is 3. The van der Waals surface area contributed by atoms with Crippen LogP contribution in [0.2, 0.25) is 5.02 Å². The molecule has 2 aromatic rings. The van der Waals surface area contributed by atoms with Crippen LogP contribution in [0.4, 0.5) is 24.5 Å². The van der Waals surface area contributed by atoms with Crippen LogP contribution >= 0.6 is 11.6 Å². The summed E-state index contributed by atoms with van der Waals surface area (Å²) in [4.78, 5) is 10.7. The Bertz CT molecular complexity index is 958. The fraction of sp³-hybridized carbons (Fsp3) is 0.263. The number of halogens is 4. The summed E-state index contributed by atoms with van der Waals surface area (Å²) in [6.45, 7) is 0. The molecule has 4 nitrogen and oxygen atoms in total. The Labute approximate surface area is 157 Å². The highest BCUT2D eigenvalue weighted by atomic mass is 35.5. The van der Waals surface area contributed by atoms with Gasteiger partial charge in [0.25, 0.3) is 5.69 Å². The first-order valence-corrected chi connectivity index (χ1v) is 8.71. The Morgan fingerprint density at radius 1 is 1.19 bits per heavy atom. The van der Waals surface area contributed by atoms with Crippen molar-refractivity contribution in [3.63, 3.8) is 0 Å². The Morgan fingerprint density at radius 2 is 1.96 bits per heavy atom. The summed E-state index contributed by atoms with van der Waals surface area (Å²) in [6.07, 6.45) is 0.139. The molecule has 3 atom stereocenters. The molecular formula is C19H14ClF3N2O2. The Balaban J connectivity index is 1.77. The van der Waals surface area contributed by atoms with Gasteiger partial charge in [-0.1, -0.05) is 29.8 Å². The predicted molar refractivity (Wildman–Crippen MR) is 95.9 cm³/mol. The number of nitrogens with one attached hydrogen (secondary N) is 1. The van der Waals surface area contributed by atoms with Crippen LogP contribution in [0.5, 0.6) is 0 Å². The molecule has 1 aliphatic heterocycles. The maximum Gasteiger partial charge on any atom is 0.416 e. The molecule has 0 radical (unpaired) electrons. The average molecular weight is 395 g/mol. The fourth-order valence-corrected chi connectivity index (χ4v) is 4.15. The van der Waals surface area contributed by atoms with E-state index in [1.54, 1.807) is 6.07 Å². The molecule has 0 spiro atoms. The van der Waals surface area contributed by atoms with Crippen molar-refractivity contribution < 1.29 is 18.1 Å². The van der Waals surface area contributed by atoms with Gasteiger partial charge >= 0.3 is 6.18 Å².